The third-order valence-electron chi connectivity index (χ3n) is 3.03. The second-order valence-corrected chi connectivity index (χ2v) is 4.05. The van der Waals surface area contributed by atoms with Gasteiger partial charge in [0.25, 0.3) is 0 Å². The Balaban J connectivity index is 2.38. The molecule has 0 bridgehead atoms. The molecule has 1 atom stereocenters. The highest BCUT2D eigenvalue weighted by atomic mass is 16.1. The van der Waals surface area contributed by atoms with E-state index in [0.29, 0.717) is 0 Å². The van der Waals surface area contributed by atoms with E-state index in [2.05, 4.69) is 24.1 Å². The highest BCUT2D eigenvalue weighted by Crippen LogP contribution is 2.34. The fourth-order valence-electron chi connectivity index (χ4n) is 2.26. The molecule has 1 unspecified atom stereocenters. The Morgan fingerprint density at radius 3 is 2.53 bits per heavy atom. The van der Waals surface area contributed by atoms with Crippen LogP contribution >= 0.6 is 0 Å². The fraction of sp³-hybridized carbons (Fsp3) is 0.308. The van der Waals surface area contributed by atoms with E-state index in [-0.39, 0.29) is 6.04 Å². The van der Waals surface area contributed by atoms with Gasteiger partial charge in [0.15, 0.2) is 0 Å². The molecule has 15 heavy (non-hydrogen) atoms. The first-order valence-electron chi connectivity index (χ1n) is 5.14. The molecule has 0 amide bonds. The zero-order chi connectivity index (χ0) is 10.8. The maximum atomic E-state index is 10.9. The molecular formula is C13H15NO. The molecule has 0 fully saturated rings. The van der Waals surface area contributed by atoms with Crippen LogP contribution in [0.15, 0.2) is 41.5 Å². The summed E-state index contributed by atoms with van der Waals surface area (Å²) in [6.45, 7) is 2.81. The Kier molecular flexibility index (Phi) is 2.69. The van der Waals surface area contributed by atoms with Crippen LogP contribution < -0.4 is 0 Å². The molecule has 0 N–H and O–H groups in total. The summed E-state index contributed by atoms with van der Waals surface area (Å²) in [7, 11) is 2.05. The second-order valence-electron chi connectivity index (χ2n) is 4.05. The smallest absolute Gasteiger partial charge is 0.147 e. The summed E-state index contributed by atoms with van der Waals surface area (Å²) in [6.07, 6.45) is 0.981. The number of hydrogen-bond donors (Lipinski definition) is 0. The van der Waals surface area contributed by atoms with Crippen LogP contribution in [0.1, 0.15) is 18.5 Å². The van der Waals surface area contributed by atoms with E-state index in [1.54, 1.807) is 0 Å². The van der Waals surface area contributed by atoms with E-state index < -0.39 is 0 Å². The molecule has 78 valence electrons. The van der Waals surface area contributed by atoms with Crippen molar-refractivity contribution in [3.8, 4) is 0 Å². The largest absolute Gasteiger partial charge is 0.298 e. The lowest BCUT2D eigenvalue weighted by Crippen LogP contribution is -2.20. The van der Waals surface area contributed by atoms with Gasteiger partial charge in [-0.3, -0.25) is 9.69 Å². The van der Waals surface area contributed by atoms with Gasteiger partial charge < -0.3 is 0 Å². The average Bonchev–Trinajstić information content (AvgIpc) is 2.55. The number of carbonyl (C=O) groups is 1. The first-order chi connectivity index (χ1) is 7.24. The first kappa shape index (κ1) is 10.1. The molecule has 2 heteroatoms. The Labute approximate surface area is 90.2 Å². The minimum absolute atomic E-state index is 0.270. The van der Waals surface area contributed by atoms with Crippen LogP contribution in [0.4, 0.5) is 0 Å². The topological polar surface area (TPSA) is 20.3 Å². The average molecular weight is 201 g/mol. The van der Waals surface area contributed by atoms with Gasteiger partial charge in [-0.05, 0) is 25.1 Å². The maximum Gasteiger partial charge on any atom is 0.147 e. The van der Waals surface area contributed by atoms with Crippen molar-refractivity contribution < 1.29 is 4.79 Å². The Bertz CT molecular complexity index is 394. The molecule has 1 aliphatic rings. The molecule has 2 rings (SSSR count). The zero-order valence-corrected chi connectivity index (χ0v) is 9.10. The normalized spacial score (nSPS) is 22.1. The van der Waals surface area contributed by atoms with E-state index in [1.807, 2.05) is 25.1 Å². The Morgan fingerprint density at radius 1 is 1.33 bits per heavy atom. The SMILES string of the molecule is CC1=C(C=O)CN(C)C1c1ccccc1. The van der Waals surface area contributed by atoms with Gasteiger partial charge >= 0.3 is 0 Å². The number of likely N-dealkylation sites (N-methyl/N-ethyl adjacent to an activating group) is 1. The summed E-state index contributed by atoms with van der Waals surface area (Å²) in [4.78, 5) is 13.1. The van der Waals surface area contributed by atoms with E-state index in [0.717, 1.165) is 18.4 Å². The van der Waals surface area contributed by atoms with Crippen molar-refractivity contribution in [1.82, 2.24) is 4.90 Å². The minimum Gasteiger partial charge on any atom is -0.298 e. The third-order valence-corrected chi connectivity index (χ3v) is 3.03. The lowest BCUT2D eigenvalue weighted by Gasteiger charge is -2.21. The highest BCUT2D eigenvalue weighted by Gasteiger charge is 2.27. The number of nitrogens with zero attached hydrogens (tertiary/aromatic N) is 1. The van der Waals surface area contributed by atoms with Crippen molar-refractivity contribution in [3.63, 3.8) is 0 Å². The monoisotopic (exact) mass is 201 g/mol. The van der Waals surface area contributed by atoms with Crippen molar-refractivity contribution >= 4 is 6.29 Å². The minimum atomic E-state index is 0.270. The number of benzene rings is 1. The van der Waals surface area contributed by atoms with Gasteiger partial charge in [0.1, 0.15) is 6.29 Å². The summed E-state index contributed by atoms with van der Waals surface area (Å²) < 4.78 is 0. The number of carbonyl (C=O) groups excluding carboxylic acids is 1. The van der Waals surface area contributed by atoms with Crippen LogP contribution in [0.5, 0.6) is 0 Å². The van der Waals surface area contributed by atoms with Crippen molar-refractivity contribution in [2.24, 2.45) is 0 Å². The van der Waals surface area contributed by atoms with Crippen LogP contribution in [0.25, 0.3) is 0 Å². The third kappa shape index (κ3) is 1.73. The Morgan fingerprint density at radius 2 is 2.00 bits per heavy atom. The van der Waals surface area contributed by atoms with Gasteiger partial charge in [0.05, 0.1) is 6.04 Å². The molecule has 0 saturated carbocycles. The van der Waals surface area contributed by atoms with Gasteiger partial charge in [-0.2, -0.15) is 0 Å². The number of aldehydes is 1. The van der Waals surface area contributed by atoms with Crippen molar-refractivity contribution in [3.05, 3.63) is 47.0 Å². The van der Waals surface area contributed by atoms with E-state index >= 15 is 0 Å². The van der Waals surface area contributed by atoms with Gasteiger partial charge in [-0.15, -0.1) is 0 Å². The summed E-state index contributed by atoms with van der Waals surface area (Å²) in [5.41, 5.74) is 3.36. The van der Waals surface area contributed by atoms with E-state index in [1.165, 1.54) is 11.1 Å². The summed E-state index contributed by atoms with van der Waals surface area (Å²) in [5, 5.41) is 0. The summed E-state index contributed by atoms with van der Waals surface area (Å²) >= 11 is 0. The second kappa shape index (κ2) is 3.99. The fourth-order valence-corrected chi connectivity index (χ4v) is 2.26. The molecule has 0 aliphatic carbocycles. The van der Waals surface area contributed by atoms with Crippen LogP contribution in [0.3, 0.4) is 0 Å². The predicted octanol–water partition coefficient (Wildman–Crippen LogP) is 2.19. The van der Waals surface area contributed by atoms with Crippen molar-refractivity contribution in [2.75, 3.05) is 13.6 Å². The first-order valence-corrected chi connectivity index (χ1v) is 5.14. The standard InChI is InChI=1S/C13H15NO/c1-10-12(9-15)8-14(2)13(10)11-6-4-3-5-7-11/h3-7,9,13H,8H2,1-2H3. The lowest BCUT2D eigenvalue weighted by molar-refractivity contribution is -0.105. The van der Waals surface area contributed by atoms with E-state index in [9.17, 15) is 4.79 Å². The molecule has 1 aromatic rings. The van der Waals surface area contributed by atoms with Crippen LogP contribution in [-0.2, 0) is 4.79 Å². The quantitative estimate of drug-likeness (QED) is 0.684. The molecule has 0 spiro atoms. The molecule has 1 aromatic carbocycles. The zero-order valence-electron chi connectivity index (χ0n) is 9.10. The van der Waals surface area contributed by atoms with Gasteiger partial charge in [0, 0.05) is 12.1 Å². The van der Waals surface area contributed by atoms with Crippen LogP contribution in [0, 0.1) is 0 Å². The van der Waals surface area contributed by atoms with Crippen molar-refractivity contribution in [2.45, 2.75) is 13.0 Å². The number of rotatable bonds is 2. The lowest BCUT2D eigenvalue weighted by atomic mass is 10.00. The Hall–Kier alpha value is -1.41. The number of hydrogen-bond acceptors (Lipinski definition) is 2. The maximum absolute atomic E-state index is 10.9. The molecule has 1 aliphatic heterocycles. The van der Waals surface area contributed by atoms with Crippen LogP contribution in [-0.4, -0.2) is 24.8 Å². The van der Waals surface area contributed by atoms with Gasteiger partial charge in [-0.25, -0.2) is 0 Å². The molecular weight excluding hydrogens is 186 g/mol. The molecule has 2 nitrogen and oxygen atoms in total. The van der Waals surface area contributed by atoms with Crippen molar-refractivity contribution in [1.29, 1.82) is 0 Å². The molecule has 0 aromatic heterocycles. The van der Waals surface area contributed by atoms with Gasteiger partial charge in [0.2, 0.25) is 0 Å². The predicted molar refractivity (Wildman–Crippen MR) is 60.6 cm³/mol. The van der Waals surface area contributed by atoms with Crippen LogP contribution in [0.2, 0.25) is 0 Å². The molecule has 0 saturated heterocycles. The van der Waals surface area contributed by atoms with Gasteiger partial charge in [-0.1, -0.05) is 30.3 Å². The molecule has 1 heterocycles. The summed E-state index contributed by atoms with van der Waals surface area (Å²) in [6, 6.07) is 10.6. The molecule has 0 radical (unpaired) electrons. The highest BCUT2D eigenvalue weighted by molar-refractivity contribution is 5.76. The summed E-state index contributed by atoms with van der Waals surface area (Å²) in [5.74, 6) is 0. The van der Waals surface area contributed by atoms with E-state index in [4.69, 9.17) is 0 Å².